The van der Waals surface area contributed by atoms with Crippen LogP contribution in [0.4, 0.5) is 11.4 Å². The van der Waals surface area contributed by atoms with Gasteiger partial charge in [-0.3, -0.25) is 9.59 Å². The van der Waals surface area contributed by atoms with Crippen molar-refractivity contribution in [3.8, 4) is 11.5 Å². The van der Waals surface area contributed by atoms with Crippen LogP contribution in [0.1, 0.15) is 6.92 Å². The van der Waals surface area contributed by atoms with Crippen molar-refractivity contribution in [2.24, 2.45) is 0 Å². The Balaban J connectivity index is 1.66. The number of hydrogen-bond donors (Lipinski definition) is 2. The van der Waals surface area contributed by atoms with Gasteiger partial charge in [-0.05, 0) is 37.3 Å². The van der Waals surface area contributed by atoms with E-state index < -0.39 is 6.10 Å². The minimum atomic E-state index is -0.782. The Hall–Kier alpha value is -2.44. The molecule has 0 fully saturated rings. The maximum Gasteiger partial charge on any atom is 0.265 e. The molecule has 0 aromatic heterocycles. The highest BCUT2D eigenvalue weighted by Gasteiger charge is 2.19. The number of anilines is 2. The number of ether oxygens (including phenoxy) is 2. The molecule has 1 heterocycles. The Bertz CT molecular complexity index is 841. The third-order valence-electron chi connectivity index (χ3n) is 3.45. The second-order valence-corrected chi connectivity index (χ2v) is 6.22. The van der Waals surface area contributed by atoms with Crippen molar-refractivity contribution >= 4 is 46.4 Å². The van der Waals surface area contributed by atoms with Gasteiger partial charge in [0.1, 0.15) is 11.5 Å². The van der Waals surface area contributed by atoms with Gasteiger partial charge in [-0.15, -0.1) is 0 Å². The van der Waals surface area contributed by atoms with Crippen molar-refractivity contribution in [2.75, 3.05) is 17.2 Å². The SMILES string of the molecule is CC(Oc1ccc(Cl)cc1Cl)C(=O)Nc1ccc2c(c1)OCC(=O)N2. The smallest absolute Gasteiger partial charge is 0.265 e. The summed E-state index contributed by atoms with van der Waals surface area (Å²) < 4.78 is 10.9. The molecule has 2 N–H and O–H groups in total. The predicted molar refractivity (Wildman–Crippen MR) is 95.7 cm³/mol. The molecule has 25 heavy (non-hydrogen) atoms. The summed E-state index contributed by atoms with van der Waals surface area (Å²) in [6.45, 7) is 1.55. The molecule has 2 aromatic carbocycles. The molecule has 0 aliphatic carbocycles. The average Bonchev–Trinajstić information content (AvgIpc) is 2.57. The summed E-state index contributed by atoms with van der Waals surface area (Å²) in [6, 6.07) is 9.72. The van der Waals surface area contributed by atoms with E-state index in [0.717, 1.165) is 0 Å². The first-order valence-electron chi connectivity index (χ1n) is 7.41. The van der Waals surface area contributed by atoms with E-state index in [9.17, 15) is 9.59 Å². The van der Waals surface area contributed by atoms with E-state index in [2.05, 4.69) is 10.6 Å². The zero-order valence-corrected chi connectivity index (χ0v) is 14.6. The topological polar surface area (TPSA) is 76.7 Å². The molecular weight excluding hydrogens is 367 g/mol. The largest absolute Gasteiger partial charge is 0.482 e. The van der Waals surface area contributed by atoms with Gasteiger partial charge in [0.2, 0.25) is 0 Å². The lowest BCUT2D eigenvalue weighted by atomic mass is 10.2. The van der Waals surface area contributed by atoms with Gasteiger partial charge in [0, 0.05) is 16.8 Å². The quantitative estimate of drug-likeness (QED) is 0.846. The number of amides is 2. The third-order valence-corrected chi connectivity index (χ3v) is 3.98. The highest BCUT2D eigenvalue weighted by molar-refractivity contribution is 6.35. The van der Waals surface area contributed by atoms with E-state index in [1.807, 2.05) is 0 Å². The molecule has 0 spiro atoms. The third kappa shape index (κ3) is 4.15. The van der Waals surface area contributed by atoms with Crippen LogP contribution < -0.4 is 20.1 Å². The highest BCUT2D eigenvalue weighted by Crippen LogP contribution is 2.31. The molecule has 6 nitrogen and oxygen atoms in total. The van der Waals surface area contributed by atoms with Crippen molar-refractivity contribution in [1.82, 2.24) is 0 Å². The molecule has 0 radical (unpaired) electrons. The molecule has 8 heteroatoms. The van der Waals surface area contributed by atoms with Crippen molar-refractivity contribution in [3.63, 3.8) is 0 Å². The molecule has 3 rings (SSSR count). The summed E-state index contributed by atoms with van der Waals surface area (Å²) in [4.78, 5) is 23.6. The first-order chi connectivity index (χ1) is 11.9. The Kier molecular flexibility index (Phi) is 5.01. The van der Waals surface area contributed by atoms with Crippen molar-refractivity contribution in [1.29, 1.82) is 0 Å². The number of carbonyl (C=O) groups is 2. The van der Waals surface area contributed by atoms with Crippen LogP contribution in [0.15, 0.2) is 36.4 Å². The van der Waals surface area contributed by atoms with Crippen LogP contribution >= 0.6 is 23.2 Å². The van der Waals surface area contributed by atoms with Crippen LogP contribution in [0.3, 0.4) is 0 Å². The van der Waals surface area contributed by atoms with Crippen molar-refractivity contribution in [2.45, 2.75) is 13.0 Å². The highest BCUT2D eigenvalue weighted by atomic mass is 35.5. The summed E-state index contributed by atoms with van der Waals surface area (Å²) in [5, 5.41) is 6.21. The van der Waals surface area contributed by atoms with E-state index >= 15 is 0 Å². The van der Waals surface area contributed by atoms with Crippen LogP contribution in [0.25, 0.3) is 0 Å². The standard InChI is InChI=1S/C17H14Cl2N2O4/c1-9(25-14-5-2-10(18)6-12(14)19)17(23)20-11-3-4-13-15(7-11)24-8-16(22)21-13/h2-7,9H,8H2,1H3,(H,20,23)(H,21,22). The molecule has 1 unspecified atom stereocenters. The maximum atomic E-state index is 12.3. The predicted octanol–water partition coefficient (Wildman–Crippen LogP) is 3.73. The van der Waals surface area contributed by atoms with Gasteiger partial charge in [0.05, 0.1) is 10.7 Å². The van der Waals surface area contributed by atoms with E-state index in [4.69, 9.17) is 32.7 Å². The zero-order chi connectivity index (χ0) is 18.0. The van der Waals surface area contributed by atoms with E-state index in [1.165, 1.54) is 6.07 Å². The molecule has 1 atom stereocenters. The number of fused-ring (bicyclic) bond motifs is 1. The molecule has 0 saturated heterocycles. The maximum absolute atomic E-state index is 12.3. The molecule has 0 bridgehead atoms. The molecule has 0 saturated carbocycles. The number of rotatable bonds is 4. The van der Waals surface area contributed by atoms with Gasteiger partial charge in [-0.2, -0.15) is 0 Å². The van der Waals surface area contributed by atoms with E-state index in [-0.39, 0.29) is 18.4 Å². The minimum absolute atomic E-state index is 0.0566. The molecule has 1 aliphatic heterocycles. The minimum Gasteiger partial charge on any atom is -0.482 e. The van der Waals surface area contributed by atoms with Gasteiger partial charge < -0.3 is 20.1 Å². The van der Waals surface area contributed by atoms with Crippen molar-refractivity contribution in [3.05, 3.63) is 46.4 Å². The van der Waals surface area contributed by atoms with Gasteiger partial charge in [0.15, 0.2) is 12.7 Å². The Morgan fingerprint density at radius 3 is 2.84 bits per heavy atom. The second kappa shape index (κ2) is 7.21. The molecule has 2 amide bonds. The molecule has 2 aromatic rings. The van der Waals surface area contributed by atoms with Gasteiger partial charge in [-0.1, -0.05) is 23.2 Å². The van der Waals surface area contributed by atoms with Crippen LogP contribution in [0.2, 0.25) is 10.0 Å². The lowest BCUT2D eigenvalue weighted by Gasteiger charge is -2.19. The lowest BCUT2D eigenvalue weighted by Crippen LogP contribution is -2.30. The van der Waals surface area contributed by atoms with E-state index in [1.54, 1.807) is 37.3 Å². The fourth-order valence-electron chi connectivity index (χ4n) is 2.21. The van der Waals surface area contributed by atoms with E-state index in [0.29, 0.717) is 32.9 Å². The summed E-state index contributed by atoms with van der Waals surface area (Å²) in [7, 11) is 0. The average molecular weight is 381 g/mol. The normalized spacial score (nSPS) is 14.0. The van der Waals surface area contributed by atoms with Crippen LogP contribution in [0.5, 0.6) is 11.5 Å². The molecular formula is C17H14Cl2N2O4. The first kappa shape index (κ1) is 17.4. The fraction of sp³-hybridized carbons (Fsp3) is 0.176. The number of benzene rings is 2. The number of nitrogens with one attached hydrogen (secondary N) is 2. The van der Waals surface area contributed by atoms with Crippen LogP contribution in [-0.2, 0) is 9.59 Å². The summed E-state index contributed by atoms with van der Waals surface area (Å²) in [5.74, 6) is 0.286. The van der Waals surface area contributed by atoms with Crippen LogP contribution in [0, 0.1) is 0 Å². The zero-order valence-electron chi connectivity index (χ0n) is 13.1. The Morgan fingerprint density at radius 2 is 2.08 bits per heavy atom. The number of hydrogen-bond acceptors (Lipinski definition) is 4. The summed E-state index contributed by atoms with van der Waals surface area (Å²) in [5.41, 5.74) is 1.09. The molecule has 1 aliphatic rings. The monoisotopic (exact) mass is 380 g/mol. The fourth-order valence-corrected chi connectivity index (χ4v) is 2.66. The lowest BCUT2D eigenvalue weighted by molar-refractivity contribution is -0.122. The summed E-state index contributed by atoms with van der Waals surface area (Å²) in [6.07, 6.45) is -0.782. The number of carbonyl (C=O) groups excluding carboxylic acids is 2. The van der Waals surface area contributed by atoms with Crippen LogP contribution in [-0.4, -0.2) is 24.5 Å². The van der Waals surface area contributed by atoms with Gasteiger partial charge in [0.25, 0.3) is 11.8 Å². The molecule has 130 valence electrons. The first-order valence-corrected chi connectivity index (χ1v) is 8.17. The Labute approximate surface area is 154 Å². The van der Waals surface area contributed by atoms with Gasteiger partial charge >= 0.3 is 0 Å². The van der Waals surface area contributed by atoms with Crippen molar-refractivity contribution < 1.29 is 19.1 Å². The second-order valence-electron chi connectivity index (χ2n) is 5.37. The Morgan fingerprint density at radius 1 is 1.28 bits per heavy atom. The van der Waals surface area contributed by atoms with Gasteiger partial charge in [-0.25, -0.2) is 0 Å². The number of halogens is 2. The summed E-state index contributed by atoms with van der Waals surface area (Å²) >= 11 is 11.9.